The van der Waals surface area contributed by atoms with Crippen LogP contribution in [0.1, 0.15) is 10.5 Å². The van der Waals surface area contributed by atoms with Crippen molar-refractivity contribution in [2.24, 2.45) is 10.2 Å². The Morgan fingerprint density at radius 1 is 1.05 bits per heavy atom. The van der Waals surface area contributed by atoms with E-state index in [1.807, 2.05) is 0 Å². The van der Waals surface area contributed by atoms with E-state index >= 15 is 0 Å². The van der Waals surface area contributed by atoms with Gasteiger partial charge in [0.05, 0.1) is 10.7 Å². The van der Waals surface area contributed by atoms with Gasteiger partial charge in [0.25, 0.3) is 0 Å². The minimum Gasteiger partial charge on any atom is -0.476 e. The highest BCUT2D eigenvalue weighted by Crippen LogP contribution is 2.26. The molecule has 0 saturated heterocycles. The third kappa shape index (κ3) is 2.79. The normalized spacial score (nSPS) is 11.4. The molecule has 0 bridgehead atoms. The van der Waals surface area contributed by atoms with Crippen LogP contribution in [0, 0.1) is 0 Å². The minimum atomic E-state index is -1.19. The van der Waals surface area contributed by atoms with E-state index in [4.69, 9.17) is 23.2 Å². The Kier molecular flexibility index (Phi) is 3.79. The van der Waals surface area contributed by atoms with E-state index in [0.29, 0.717) is 21.4 Å². The molecule has 0 aliphatic heterocycles. The fourth-order valence-corrected chi connectivity index (χ4v) is 2.14. The molecule has 22 heavy (non-hydrogen) atoms. The molecule has 0 unspecified atom stereocenters. The van der Waals surface area contributed by atoms with E-state index in [1.54, 1.807) is 36.4 Å². The molecular weight excluding hydrogens is 327 g/mol. The lowest BCUT2D eigenvalue weighted by molar-refractivity contribution is 0.0692. The van der Waals surface area contributed by atoms with Gasteiger partial charge >= 0.3 is 5.97 Å². The Labute approximate surface area is 134 Å². The van der Waals surface area contributed by atoms with Crippen LogP contribution in [0.2, 0.25) is 10.0 Å². The van der Waals surface area contributed by atoms with Crippen molar-refractivity contribution < 1.29 is 9.90 Å². The highest BCUT2D eigenvalue weighted by atomic mass is 35.5. The van der Waals surface area contributed by atoms with Gasteiger partial charge in [0, 0.05) is 11.2 Å². The fraction of sp³-hybridized carbons (Fsp3) is 0. The third-order valence-electron chi connectivity index (χ3n) is 2.85. The number of hydrogen-bond donors (Lipinski definition) is 1. The van der Waals surface area contributed by atoms with Gasteiger partial charge in [-0.2, -0.15) is 0 Å². The topological polar surface area (TPSA) is 79.3 Å². The zero-order valence-corrected chi connectivity index (χ0v) is 12.5. The number of azo groups is 1. The van der Waals surface area contributed by atoms with Crippen molar-refractivity contribution in [1.29, 1.82) is 0 Å². The lowest BCUT2D eigenvalue weighted by Gasteiger charge is -1.97. The fourth-order valence-electron chi connectivity index (χ4n) is 1.86. The van der Waals surface area contributed by atoms with Gasteiger partial charge in [-0.3, -0.25) is 4.40 Å². The zero-order valence-electron chi connectivity index (χ0n) is 10.9. The Balaban J connectivity index is 2.11. The Bertz CT molecular complexity index is 888. The number of imidazole rings is 1. The number of halogens is 2. The molecule has 3 aromatic rings. The summed E-state index contributed by atoms with van der Waals surface area (Å²) in [7, 11) is 0. The quantitative estimate of drug-likeness (QED) is 0.701. The molecule has 0 aliphatic rings. The summed E-state index contributed by atoms with van der Waals surface area (Å²) in [4.78, 5) is 15.3. The standard InChI is InChI=1S/C14H8Cl2N4O2/c15-8-1-4-10(5-2-8)18-19-13-12(14(21)22)17-11-6-3-9(16)7-20(11)13/h1-7H,(H,21,22). The maximum atomic E-state index is 11.3. The number of aromatic nitrogens is 2. The SMILES string of the molecule is O=C(O)c1nc2ccc(Cl)cn2c1N=Nc1ccc(Cl)cc1. The maximum absolute atomic E-state index is 11.3. The lowest BCUT2D eigenvalue weighted by atomic mass is 10.3. The summed E-state index contributed by atoms with van der Waals surface area (Å²) in [6, 6.07) is 9.90. The molecule has 2 aromatic heterocycles. The summed E-state index contributed by atoms with van der Waals surface area (Å²) < 4.78 is 1.48. The molecule has 0 fully saturated rings. The Hall–Kier alpha value is -2.44. The number of carboxylic acids is 1. The number of rotatable bonds is 3. The maximum Gasteiger partial charge on any atom is 0.358 e. The Morgan fingerprint density at radius 3 is 2.41 bits per heavy atom. The molecule has 3 rings (SSSR count). The average Bonchev–Trinajstić information content (AvgIpc) is 2.85. The van der Waals surface area contributed by atoms with E-state index in [9.17, 15) is 9.90 Å². The van der Waals surface area contributed by atoms with E-state index in [0.717, 1.165) is 0 Å². The second-order valence-corrected chi connectivity index (χ2v) is 5.21. The van der Waals surface area contributed by atoms with Crippen LogP contribution in [0.15, 0.2) is 52.8 Å². The summed E-state index contributed by atoms with van der Waals surface area (Å²) in [5.74, 6) is -1.09. The van der Waals surface area contributed by atoms with Gasteiger partial charge in [-0.25, -0.2) is 9.78 Å². The molecule has 2 heterocycles. The number of carbonyl (C=O) groups is 1. The van der Waals surface area contributed by atoms with E-state index < -0.39 is 5.97 Å². The van der Waals surface area contributed by atoms with Crippen LogP contribution in [0.3, 0.4) is 0 Å². The van der Waals surface area contributed by atoms with Crippen LogP contribution in [0.25, 0.3) is 5.65 Å². The Morgan fingerprint density at radius 2 is 1.73 bits per heavy atom. The highest BCUT2D eigenvalue weighted by Gasteiger charge is 2.18. The predicted octanol–water partition coefficient (Wildman–Crippen LogP) is 4.75. The van der Waals surface area contributed by atoms with E-state index in [1.165, 1.54) is 10.6 Å². The molecular formula is C14H8Cl2N4O2. The zero-order chi connectivity index (χ0) is 15.7. The first kappa shape index (κ1) is 14.5. The van der Waals surface area contributed by atoms with Gasteiger partial charge in [-0.1, -0.05) is 23.2 Å². The van der Waals surface area contributed by atoms with E-state index in [2.05, 4.69) is 15.2 Å². The number of pyridine rings is 1. The number of nitrogens with zero attached hydrogens (tertiary/aromatic N) is 4. The largest absolute Gasteiger partial charge is 0.476 e. The molecule has 0 saturated carbocycles. The van der Waals surface area contributed by atoms with Crippen LogP contribution in [0.5, 0.6) is 0 Å². The van der Waals surface area contributed by atoms with Crippen molar-refractivity contribution in [3.8, 4) is 0 Å². The summed E-state index contributed by atoms with van der Waals surface area (Å²) in [6.45, 7) is 0. The van der Waals surface area contributed by atoms with Crippen molar-refractivity contribution in [1.82, 2.24) is 9.38 Å². The number of benzene rings is 1. The molecule has 8 heteroatoms. The van der Waals surface area contributed by atoms with E-state index in [-0.39, 0.29) is 11.5 Å². The van der Waals surface area contributed by atoms with Gasteiger partial charge in [-0.15, -0.1) is 10.2 Å². The molecule has 6 nitrogen and oxygen atoms in total. The summed E-state index contributed by atoms with van der Waals surface area (Å²) in [5.41, 5.74) is 0.768. The first-order chi connectivity index (χ1) is 10.5. The molecule has 1 aromatic carbocycles. The molecule has 0 radical (unpaired) electrons. The van der Waals surface area contributed by atoms with Crippen LogP contribution >= 0.6 is 23.2 Å². The smallest absolute Gasteiger partial charge is 0.358 e. The van der Waals surface area contributed by atoms with Gasteiger partial charge < -0.3 is 5.11 Å². The lowest BCUT2D eigenvalue weighted by Crippen LogP contribution is -1.96. The van der Waals surface area contributed by atoms with Crippen LogP contribution in [0.4, 0.5) is 11.5 Å². The van der Waals surface area contributed by atoms with Crippen molar-refractivity contribution >= 4 is 46.3 Å². The molecule has 0 spiro atoms. The minimum absolute atomic E-state index is 0.0972. The molecule has 0 aliphatic carbocycles. The third-order valence-corrected chi connectivity index (χ3v) is 3.32. The van der Waals surface area contributed by atoms with Crippen LogP contribution in [-0.4, -0.2) is 20.5 Å². The number of fused-ring (bicyclic) bond motifs is 1. The second-order valence-electron chi connectivity index (χ2n) is 4.34. The summed E-state index contributed by atoms with van der Waals surface area (Å²) in [6.07, 6.45) is 1.53. The monoisotopic (exact) mass is 334 g/mol. The molecule has 1 N–H and O–H groups in total. The van der Waals surface area contributed by atoms with Crippen molar-refractivity contribution in [3.05, 3.63) is 58.3 Å². The summed E-state index contributed by atoms with van der Waals surface area (Å²) in [5, 5.41) is 18.3. The highest BCUT2D eigenvalue weighted by molar-refractivity contribution is 6.30. The molecule has 0 amide bonds. The summed E-state index contributed by atoms with van der Waals surface area (Å²) >= 11 is 11.7. The molecule has 110 valence electrons. The number of carboxylic acid groups (broad SMARTS) is 1. The number of aromatic carboxylic acids is 1. The van der Waals surface area contributed by atoms with Crippen molar-refractivity contribution in [3.63, 3.8) is 0 Å². The van der Waals surface area contributed by atoms with Crippen molar-refractivity contribution in [2.75, 3.05) is 0 Å². The van der Waals surface area contributed by atoms with Gasteiger partial charge in [-0.05, 0) is 36.4 Å². The molecule has 0 atom stereocenters. The van der Waals surface area contributed by atoms with Gasteiger partial charge in [0.1, 0.15) is 5.65 Å². The predicted molar refractivity (Wildman–Crippen MR) is 82.8 cm³/mol. The van der Waals surface area contributed by atoms with Crippen LogP contribution < -0.4 is 0 Å². The van der Waals surface area contributed by atoms with Crippen LogP contribution in [-0.2, 0) is 0 Å². The van der Waals surface area contributed by atoms with Gasteiger partial charge in [0.2, 0.25) is 0 Å². The first-order valence-electron chi connectivity index (χ1n) is 6.13. The number of hydrogen-bond acceptors (Lipinski definition) is 4. The van der Waals surface area contributed by atoms with Gasteiger partial charge in [0.15, 0.2) is 11.5 Å². The average molecular weight is 335 g/mol. The second kappa shape index (κ2) is 5.75. The first-order valence-corrected chi connectivity index (χ1v) is 6.88. The van der Waals surface area contributed by atoms with Crippen molar-refractivity contribution in [2.45, 2.75) is 0 Å².